The van der Waals surface area contributed by atoms with Crippen molar-refractivity contribution in [3.63, 3.8) is 0 Å². The Labute approximate surface area is 215 Å². The molecule has 4 aliphatic carbocycles. The molecule has 0 spiro atoms. The van der Waals surface area contributed by atoms with Gasteiger partial charge in [-0.1, -0.05) is 13.8 Å². The second-order valence-electron chi connectivity index (χ2n) is 13.4. The molecule has 5 fully saturated rings. The number of amides is 1. The van der Waals surface area contributed by atoms with Crippen molar-refractivity contribution in [2.24, 2.45) is 34.5 Å². The van der Waals surface area contributed by atoms with Gasteiger partial charge in [-0.25, -0.2) is 4.79 Å². The van der Waals surface area contributed by atoms with Crippen LogP contribution in [0.25, 0.3) is 0 Å². The zero-order valence-electron chi connectivity index (χ0n) is 22.2. The van der Waals surface area contributed by atoms with Crippen molar-refractivity contribution in [3.05, 3.63) is 11.6 Å². The lowest BCUT2D eigenvalue weighted by atomic mass is 9.42. The van der Waals surface area contributed by atoms with Crippen LogP contribution in [-0.4, -0.2) is 71.0 Å². The highest BCUT2D eigenvalue weighted by atomic mass is 16.5. The third-order valence-corrected chi connectivity index (χ3v) is 12.3. The highest BCUT2D eigenvalue weighted by Crippen LogP contribution is 2.70. The molecule has 1 amide bonds. The zero-order valence-corrected chi connectivity index (χ0v) is 22.2. The molecule has 2 heterocycles. The van der Waals surface area contributed by atoms with Crippen LogP contribution in [0.15, 0.2) is 11.6 Å². The summed E-state index contributed by atoms with van der Waals surface area (Å²) in [6, 6.07) is 0.254. The predicted molar refractivity (Wildman–Crippen MR) is 135 cm³/mol. The molecule has 2 aliphatic heterocycles. The zero-order chi connectivity index (χ0) is 25.5. The molecule has 0 aromatic heterocycles. The second kappa shape index (κ2) is 8.54. The van der Waals surface area contributed by atoms with Gasteiger partial charge in [0.2, 0.25) is 5.91 Å². The lowest BCUT2D eigenvalue weighted by molar-refractivity contribution is -0.243. The van der Waals surface area contributed by atoms with E-state index in [4.69, 9.17) is 4.74 Å². The second-order valence-corrected chi connectivity index (χ2v) is 13.4. The van der Waals surface area contributed by atoms with Crippen molar-refractivity contribution in [2.75, 3.05) is 20.2 Å². The maximum absolute atomic E-state index is 13.1. The number of ether oxygens (including phenoxy) is 1. The van der Waals surface area contributed by atoms with E-state index in [0.29, 0.717) is 25.4 Å². The summed E-state index contributed by atoms with van der Waals surface area (Å²) in [6.45, 7) is 5.70. The minimum atomic E-state index is -0.932. The van der Waals surface area contributed by atoms with E-state index < -0.39 is 17.1 Å². The van der Waals surface area contributed by atoms with Crippen molar-refractivity contribution in [3.8, 4) is 0 Å². The van der Waals surface area contributed by atoms with E-state index in [9.17, 15) is 19.8 Å². The third kappa shape index (κ3) is 3.34. The van der Waals surface area contributed by atoms with Crippen molar-refractivity contribution < 1.29 is 24.5 Å². The van der Waals surface area contributed by atoms with Gasteiger partial charge in [-0.15, -0.1) is 0 Å². The molecule has 7 nitrogen and oxygen atoms in total. The number of nitrogens with one attached hydrogen (secondary N) is 1. The van der Waals surface area contributed by atoms with Crippen molar-refractivity contribution in [1.29, 1.82) is 0 Å². The van der Waals surface area contributed by atoms with Crippen molar-refractivity contribution in [2.45, 2.75) is 102 Å². The smallest absolute Gasteiger partial charge is 0.331 e. The van der Waals surface area contributed by atoms with E-state index in [1.54, 1.807) is 6.08 Å². The summed E-state index contributed by atoms with van der Waals surface area (Å²) in [5.74, 6) is 0.865. The van der Waals surface area contributed by atoms with Gasteiger partial charge < -0.3 is 25.2 Å². The Morgan fingerprint density at radius 3 is 2.61 bits per heavy atom. The van der Waals surface area contributed by atoms with E-state index in [0.717, 1.165) is 63.5 Å². The monoisotopic (exact) mass is 500 g/mol. The molecular formula is C29H44N2O5. The molecule has 4 saturated carbocycles. The summed E-state index contributed by atoms with van der Waals surface area (Å²) in [6.07, 6.45) is 10.3. The maximum Gasteiger partial charge on any atom is 0.331 e. The molecule has 0 bridgehead atoms. The molecular weight excluding hydrogens is 456 g/mol. The van der Waals surface area contributed by atoms with Crippen LogP contribution >= 0.6 is 0 Å². The summed E-state index contributed by atoms with van der Waals surface area (Å²) in [5, 5.41) is 27.5. The summed E-state index contributed by atoms with van der Waals surface area (Å²) in [4.78, 5) is 26.9. The van der Waals surface area contributed by atoms with E-state index in [-0.39, 0.29) is 47.1 Å². The van der Waals surface area contributed by atoms with Crippen LogP contribution < -0.4 is 5.32 Å². The van der Waals surface area contributed by atoms with E-state index in [1.165, 1.54) is 0 Å². The Balaban J connectivity index is 1.22. The van der Waals surface area contributed by atoms with E-state index in [1.807, 2.05) is 11.9 Å². The van der Waals surface area contributed by atoms with Gasteiger partial charge in [0.15, 0.2) is 0 Å². The molecule has 10 atom stereocenters. The van der Waals surface area contributed by atoms with Crippen LogP contribution in [0.4, 0.5) is 0 Å². The van der Waals surface area contributed by atoms with Crippen LogP contribution in [0.1, 0.15) is 78.1 Å². The SMILES string of the molecule is CN(C(=O)[C@@H]1CCCN1)[C@H]1CC[C@@]2(C)[C@H](CC[C@@H]3[C@@H]2C[C@@H](O)[C@]2(C)[C@@H](C4=CC(=O)OC4)CC[C@]32O)C1. The number of aliphatic hydroxyl groups is 2. The Morgan fingerprint density at radius 1 is 1.11 bits per heavy atom. The fourth-order valence-electron chi connectivity index (χ4n) is 10.0. The number of aliphatic hydroxyl groups excluding tert-OH is 1. The first-order valence-electron chi connectivity index (χ1n) is 14.4. The van der Waals surface area contributed by atoms with Gasteiger partial charge in [-0.3, -0.25) is 4.79 Å². The summed E-state index contributed by atoms with van der Waals surface area (Å²) < 4.78 is 5.22. The largest absolute Gasteiger partial charge is 0.458 e. The van der Waals surface area contributed by atoms with Gasteiger partial charge in [0.1, 0.15) is 6.61 Å². The highest BCUT2D eigenvalue weighted by Gasteiger charge is 2.70. The minimum absolute atomic E-state index is 0.0185. The molecule has 6 aliphatic rings. The number of esters is 1. The van der Waals surface area contributed by atoms with Crippen LogP contribution in [-0.2, 0) is 14.3 Å². The number of cyclic esters (lactones) is 1. The Bertz CT molecular complexity index is 961. The predicted octanol–water partition coefficient (Wildman–Crippen LogP) is 2.79. The summed E-state index contributed by atoms with van der Waals surface area (Å²) in [7, 11) is 1.99. The van der Waals surface area contributed by atoms with Crippen molar-refractivity contribution >= 4 is 11.9 Å². The average molecular weight is 501 g/mol. The van der Waals surface area contributed by atoms with Gasteiger partial charge in [-0.05, 0) is 105 Å². The highest BCUT2D eigenvalue weighted by molar-refractivity contribution is 5.85. The minimum Gasteiger partial charge on any atom is -0.458 e. The third-order valence-electron chi connectivity index (χ3n) is 12.3. The van der Waals surface area contributed by atoms with Crippen LogP contribution in [0.3, 0.4) is 0 Å². The first kappa shape index (κ1) is 24.9. The molecule has 0 radical (unpaired) electrons. The van der Waals surface area contributed by atoms with Crippen molar-refractivity contribution in [1.82, 2.24) is 10.2 Å². The van der Waals surface area contributed by atoms with Gasteiger partial charge in [0.05, 0.1) is 17.7 Å². The van der Waals surface area contributed by atoms with Crippen LogP contribution in [0, 0.1) is 34.5 Å². The number of rotatable bonds is 3. The Kier molecular flexibility index (Phi) is 5.90. The first-order valence-corrected chi connectivity index (χ1v) is 14.4. The van der Waals surface area contributed by atoms with E-state index in [2.05, 4.69) is 19.2 Å². The molecule has 0 aromatic rings. The van der Waals surface area contributed by atoms with Crippen LogP contribution in [0.5, 0.6) is 0 Å². The molecule has 7 heteroatoms. The Morgan fingerprint density at radius 2 is 1.92 bits per heavy atom. The maximum atomic E-state index is 13.1. The number of likely N-dealkylation sites (N-methyl/N-ethyl adjacent to an activating group) is 1. The Hall–Kier alpha value is -1.44. The number of carbonyl (C=O) groups excluding carboxylic acids is 2. The molecule has 6 rings (SSSR count). The molecule has 0 unspecified atom stereocenters. The van der Waals surface area contributed by atoms with Gasteiger partial charge in [-0.2, -0.15) is 0 Å². The van der Waals surface area contributed by atoms with Gasteiger partial charge in [0, 0.05) is 24.6 Å². The lowest BCUT2D eigenvalue weighted by Crippen LogP contribution is -2.67. The standard InChI is InChI=1S/C29H44N2O5/c1-27-10-8-19(31(3)26(34)23-5-4-12-30-23)14-18(27)6-7-21-22(27)15-24(32)28(2)20(9-11-29(21,28)35)17-13-25(33)36-16-17/h13,18-24,30,32,35H,4-12,14-16H2,1-3H3/t18-,19+,20-,21-,22+,23+,24-,27+,28+,29+/m1/s1. The normalized spacial score (nSPS) is 50.1. The van der Waals surface area contributed by atoms with Gasteiger partial charge in [0.25, 0.3) is 0 Å². The lowest BCUT2D eigenvalue weighted by Gasteiger charge is -2.65. The topological polar surface area (TPSA) is 99.1 Å². The average Bonchev–Trinajstić information content (AvgIpc) is 3.59. The van der Waals surface area contributed by atoms with Crippen LogP contribution in [0.2, 0.25) is 0 Å². The summed E-state index contributed by atoms with van der Waals surface area (Å²) in [5.41, 5.74) is -0.578. The quantitative estimate of drug-likeness (QED) is 0.516. The van der Waals surface area contributed by atoms with E-state index >= 15 is 0 Å². The molecule has 0 aromatic carbocycles. The number of hydrogen-bond donors (Lipinski definition) is 3. The fourth-order valence-corrected chi connectivity index (χ4v) is 10.0. The number of fused-ring (bicyclic) bond motifs is 5. The molecule has 200 valence electrons. The number of carbonyl (C=O) groups is 2. The fraction of sp³-hybridized carbons (Fsp3) is 0.862. The summed E-state index contributed by atoms with van der Waals surface area (Å²) >= 11 is 0. The first-order chi connectivity index (χ1) is 17.1. The van der Waals surface area contributed by atoms with Gasteiger partial charge >= 0.3 is 5.97 Å². The molecule has 36 heavy (non-hydrogen) atoms. The molecule has 1 saturated heterocycles. The molecule has 3 N–H and O–H groups in total. The number of hydrogen-bond acceptors (Lipinski definition) is 6. The number of nitrogens with zero attached hydrogens (tertiary/aromatic N) is 1.